The molecule has 7 nitrogen and oxygen atoms in total. The summed E-state index contributed by atoms with van der Waals surface area (Å²) in [5.41, 5.74) is 0.398. The summed E-state index contributed by atoms with van der Waals surface area (Å²) in [6.07, 6.45) is 1.28. The maximum absolute atomic E-state index is 13.7. The third kappa shape index (κ3) is 3.31. The summed E-state index contributed by atoms with van der Waals surface area (Å²) in [4.78, 5) is 24.7. The third-order valence-electron chi connectivity index (χ3n) is 4.81. The number of carbonyl (C=O) groups excluding carboxylic acids is 1. The molecule has 0 spiro atoms. The molecule has 160 valence electrons. The van der Waals surface area contributed by atoms with E-state index < -0.39 is 20.9 Å². The highest BCUT2D eigenvalue weighted by molar-refractivity contribution is 7.93. The van der Waals surface area contributed by atoms with Gasteiger partial charge in [0.15, 0.2) is 11.3 Å². The lowest BCUT2D eigenvalue weighted by molar-refractivity contribution is 0.0979. The molecule has 10 heteroatoms. The molecule has 2 heterocycles. The van der Waals surface area contributed by atoms with Crippen LogP contribution in [0.1, 0.15) is 10.6 Å². The first-order chi connectivity index (χ1) is 15.4. The summed E-state index contributed by atoms with van der Waals surface area (Å²) in [5.74, 6) is -1.04. The van der Waals surface area contributed by atoms with E-state index in [-0.39, 0.29) is 16.3 Å². The van der Waals surface area contributed by atoms with Crippen LogP contribution in [0, 0.1) is 0 Å². The zero-order valence-electron chi connectivity index (χ0n) is 16.0. The summed E-state index contributed by atoms with van der Waals surface area (Å²) in [6.45, 7) is 0. The number of amides is 1. The van der Waals surface area contributed by atoms with E-state index in [1.807, 2.05) is 0 Å². The lowest BCUT2D eigenvalue weighted by atomic mass is 10.1. The van der Waals surface area contributed by atoms with Crippen LogP contribution in [0.5, 0.6) is 0 Å². The van der Waals surface area contributed by atoms with Crippen molar-refractivity contribution in [2.45, 2.75) is 4.90 Å². The zero-order valence-corrected chi connectivity index (χ0v) is 18.4. The Morgan fingerprint density at radius 3 is 2.38 bits per heavy atom. The number of sulfonamides is 1. The van der Waals surface area contributed by atoms with E-state index in [0.717, 1.165) is 11.3 Å². The average molecular weight is 486 g/mol. The first-order valence-electron chi connectivity index (χ1n) is 9.20. The average Bonchev–Trinajstić information content (AvgIpc) is 3.43. The highest BCUT2D eigenvalue weighted by Crippen LogP contribution is 2.38. The fraction of sp³-hybridized carbons (Fsp3) is 0. The summed E-state index contributed by atoms with van der Waals surface area (Å²) < 4.78 is 39.0. The molecule has 0 N–H and O–H groups in total. The highest BCUT2D eigenvalue weighted by Gasteiger charge is 2.35. The molecule has 0 aliphatic heterocycles. The van der Waals surface area contributed by atoms with Crippen molar-refractivity contribution in [3.8, 4) is 0 Å². The smallest absolute Gasteiger partial charge is 0.396 e. The van der Waals surface area contributed by atoms with E-state index in [4.69, 9.17) is 20.4 Å². The molecule has 0 aliphatic carbocycles. The molecule has 0 bridgehead atoms. The highest BCUT2D eigenvalue weighted by atomic mass is 35.5. The van der Waals surface area contributed by atoms with E-state index in [2.05, 4.69) is 0 Å². The fourth-order valence-corrected chi connectivity index (χ4v) is 5.66. The molecule has 0 saturated carbocycles. The van der Waals surface area contributed by atoms with Gasteiger partial charge in [0.25, 0.3) is 10.0 Å². The van der Waals surface area contributed by atoms with Gasteiger partial charge in [-0.05, 0) is 42.5 Å². The summed E-state index contributed by atoms with van der Waals surface area (Å²) in [7, 11) is -4.39. The zero-order chi connectivity index (χ0) is 22.5. The Hall–Kier alpha value is -3.40. The molecule has 0 fully saturated rings. The molecule has 0 unspecified atom stereocenters. The molecule has 1 amide bonds. The maximum Gasteiger partial charge on any atom is 0.396 e. The van der Waals surface area contributed by atoms with E-state index in [1.165, 1.54) is 48.7 Å². The predicted octanol–water partition coefficient (Wildman–Crippen LogP) is 5.29. The van der Waals surface area contributed by atoms with Crippen LogP contribution in [0.3, 0.4) is 0 Å². The monoisotopic (exact) mass is 485 g/mol. The van der Waals surface area contributed by atoms with Crippen molar-refractivity contribution < 1.29 is 22.0 Å². The Balaban J connectivity index is 1.85. The standard InChI is InChI=1S/C22H12ClNO6S2/c23-13-7-9-14(10-8-13)32(27,28)24(21(25)18-6-3-11-29-18)17-12-19-20(30-22(26)31-19)16-5-2-1-4-15(16)17/h1-12H. The Labute approximate surface area is 190 Å². The van der Waals surface area contributed by atoms with Crippen molar-refractivity contribution in [1.29, 1.82) is 0 Å². The summed E-state index contributed by atoms with van der Waals surface area (Å²) in [6, 6.07) is 16.6. The van der Waals surface area contributed by atoms with Crippen LogP contribution in [-0.2, 0) is 10.0 Å². The van der Waals surface area contributed by atoms with Crippen molar-refractivity contribution in [3.63, 3.8) is 0 Å². The number of hydrogen-bond acceptors (Lipinski definition) is 7. The summed E-state index contributed by atoms with van der Waals surface area (Å²) in [5, 5.41) is 1.27. The van der Waals surface area contributed by atoms with Crippen LogP contribution in [0.15, 0.2) is 91.5 Å². The molecule has 0 atom stereocenters. The van der Waals surface area contributed by atoms with Gasteiger partial charge in [-0.3, -0.25) is 4.79 Å². The number of anilines is 1. The van der Waals surface area contributed by atoms with Crippen LogP contribution in [0.25, 0.3) is 21.1 Å². The van der Waals surface area contributed by atoms with Crippen LogP contribution >= 0.6 is 22.9 Å². The minimum Gasteiger partial charge on any atom is -0.459 e. The van der Waals surface area contributed by atoms with Gasteiger partial charge in [-0.2, -0.15) is 4.31 Å². The van der Waals surface area contributed by atoms with Crippen LogP contribution in [0.2, 0.25) is 5.02 Å². The van der Waals surface area contributed by atoms with Crippen molar-refractivity contribution in [2.75, 3.05) is 4.31 Å². The first-order valence-corrected chi connectivity index (χ1v) is 11.8. The molecule has 3 aromatic carbocycles. The van der Waals surface area contributed by atoms with Gasteiger partial charge in [0.2, 0.25) is 0 Å². The number of benzene rings is 3. The third-order valence-corrected chi connectivity index (χ3v) is 7.54. The molecule has 2 aromatic heterocycles. The molecule has 32 heavy (non-hydrogen) atoms. The Morgan fingerprint density at radius 2 is 1.69 bits per heavy atom. The van der Waals surface area contributed by atoms with Gasteiger partial charge >= 0.3 is 10.8 Å². The lowest BCUT2D eigenvalue weighted by Crippen LogP contribution is -2.37. The van der Waals surface area contributed by atoms with Gasteiger partial charge in [-0.15, -0.1) is 0 Å². The lowest BCUT2D eigenvalue weighted by Gasteiger charge is -2.23. The molecule has 0 saturated heterocycles. The minimum atomic E-state index is -4.39. The number of nitrogens with zero attached hydrogens (tertiary/aromatic N) is 1. The normalized spacial score (nSPS) is 11.8. The topological polar surface area (TPSA) is 97.8 Å². The van der Waals surface area contributed by atoms with Gasteiger partial charge in [-0.1, -0.05) is 47.2 Å². The van der Waals surface area contributed by atoms with E-state index in [9.17, 15) is 18.0 Å². The number of fused-ring (bicyclic) bond motifs is 3. The van der Waals surface area contributed by atoms with Crippen LogP contribution < -0.4 is 9.24 Å². The van der Waals surface area contributed by atoms with Gasteiger partial charge in [0.1, 0.15) is 0 Å². The van der Waals surface area contributed by atoms with E-state index >= 15 is 0 Å². The SMILES string of the molecule is O=C(c1ccco1)N(c1cc2sc(=O)oc2c2ccccc12)S(=O)(=O)c1ccc(Cl)cc1. The second-order valence-electron chi connectivity index (χ2n) is 6.73. The molecule has 0 aliphatic rings. The van der Waals surface area contributed by atoms with Gasteiger partial charge in [-0.25, -0.2) is 13.2 Å². The molecular weight excluding hydrogens is 474 g/mol. The Kier molecular flexibility index (Phi) is 4.89. The molecule has 5 rings (SSSR count). The molecular formula is C22H12ClNO6S2. The van der Waals surface area contributed by atoms with Crippen molar-refractivity contribution in [3.05, 3.63) is 93.5 Å². The maximum atomic E-state index is 13.7. The quantitative estimate of drug-likeness (QED) is 0.343. The Bertz CT molecular complexity index is 1630. The number of halogens is 1. The molecule has 0 radical (unpaired) electrons. The number of furan rings is 1. The molecule has 5 aromatic rings. The second kappa shape index (κ2) is 7.63. The van der Waals surface area contributed by atoms with Crippen molar-refractivity contribution in [2.24, 2.45) is 0 Å². The number of hydrogen-bond donors (Lipinski definition) is 0. The van der Waals surface area contributed by atoms with Gasteiger partial charge < -0.3 is 8.83 Å². The van der Waals surface area contributed by atoms with Crippen molar-refractivity contribution >= 4 is 65.6 Å². The van der Waals surface area contributed by atoms with E-state index in [0.29, 0.717) is 30.4 Å². The largest absolute Gasteiger partial charge is 0.459 e. The van der Waals surface area contributed by atoms with E-state index in [1.54, 1.807) is 24.3 Å². The van der Waals surface area contributed by atoms with Gasteiger partial charge in [0, 0.05) is 15.8 Å². The summed E-state index contributed by atoms with van der Waals surface area (Å²) >= 11 is 6.74. The van der Waals surface area contributed by atoms with Crippen LogP contribution in [0.4, 0.5) is 5.69 Å². The predicted molar refractivity (Wildman–Crippen MR) is 122 cm³/mol. The fourth-order valence-electron chi connectivity index (χ4n) is 3.41. The first kappa shape index (κ1) is 20.5. The number of carbonyl (C=O) groups is 1. The second-order valence-corrected chi connectivity index (χ2v) is 9.93. The van der Waals surface area contributed by atoms with Gasteiger partial charge in [0.05, 0.1) is 21.5 Å². The minimum absolute atomic E-state index is 0.0708. The van der Waals surface area contributed by atoms with Crippen molar-refractivity contribution in [1.82, 2.24) is 0 Å². The number of rotatable bonds is 4. The Morgan fingerprint density at radius 1 is 0.969 bits per heavy atom. The van der Waals surface area contributed by atoms with Crippen LogP contribution in [-0.4, -0.2) is 14.3 Å².